The minimum Gasteiger partial charge on any atom is -0.383 e. The highest BCUT2D eigenvalue weighted by atomic mass is 19.4. The summed E-state index contributed by atoms with van der Waals surface area (Å²) >= 11 is 0. The maximum absolute atomic E-state index is 13.1. The highest BCUT2D eigenvalue weighted by Gasteiger charge is 2.42. The lowest BCUT2D eigenvalue weighted by molar-refractivity contribution is -0.137. The second-order valence-electron chi connectivity index (χ2n) is 7.96. The quantitative estimate of drug-likeness (QED) is 0.224. The summed E-state index contributed by atoms with van der Waals surface area (Å²) in [6.45, 7) is 0. The molecule has 176 valence electrons. The van der Waals surface area contributed by atoms with Crippen molar-refractivity contribution in [1.82, 2.24) is 15.1 Å². The van der Waals surface area contributed by atoms with E-state index in [9.17, 15) is 13.2 Å². The van der Waals surface area contributed by atoms with Crippen molar-refractivity contribution in [3.05, 3.63) is 107 Å². The van der Waals surface area contributed by atoms with Crippen LogP contribution in [0.2, 0.25) is 0 Å². The van der Waals surface area contributed by atoms with Gasteiger partial charge < -0.3 is 5.73 Å². The lowest BCUT2D eigenvalue weighted by atomic mass is 9.99. The third-order valence-electron chi connectivity index (χ3n) is 5.77. The molecule has 0 aliphatic carbocycles. The molecule has 0 saturated carbocycles. The van der Waals surface area contributed by atoms with Gasteiger partial charge in [-0.05, 0) is 17.7 Å². The van der Waals surface area contributed by atoms with Crippen LogP contribution in [0.25, 0.3) is 11.4 Å². The number of alkyl halides is 3. The molecule has 5 rings (SSSR count). The number of hydrazine groups is 2. The Morgan fingerprint density at radius 1 is 0.857 bits per heavy atom. The number of amidine groups is 1. The number of nitrogen functional groups attached to an aromatic ring is 1. The van der Waals surface area contributed by atoms with Crippen LogP contribution in [0.3, 0.4) is 0 Å². The lowest BCUT2D eigenvalue weighted by Gasteiger charge is -2.29. The van der Waals surface area contributed by atoms with E-state index in [1.54, 1.807) is 24.3 Å². The molecule has 4 aromatic rings. The molecule has 1 aromatic heterocycles. The van der Waals surface area contributed by atoms with Crippen LogP contribution in [0.1, 0.15) is 28.3 Å². The van der Waals surface area contributed by atoms with E-state index in [0.717, 1.165) is 17.7 Å². The average molecular weight is 475 g/mol. The van der Waals surface area contributed by atoms with Crippen molar-refractivity contribution in [3.8, 4) is 11.4 Å². The Hall–Kier alpha value is -4.28. The number of rotatable bonds is 3. The fraction of sp³-hybridized carbons (Fsp3) is 0.0800. The van der Waals surface area contributed by atoms with Crippen LogP contribution in [0.15, 0.2) is 84.9 Å². The van der Waals surface area contributed by atoms with Crippen LogP contribution in [-0.4, -0.2) is 20.9 Å². The van der Waals surface area contributed by atoms with E-state index in [2.05, 4.69) is 9.97 Å². The van der Waals surface area contributed by atoms with E-state index in [1.807, 2.05) is 36.4 Å². The number of aromatic nitrogens is 2. The standard InChI is InChI=1S/C25H20F3N7/c26-25(27,28)18-13-11-15(12-14-18)20-19-21(29)32-23(17-9-5-2-6-10-17)33-24(19)34(35(20)31)22(30)16-7-3-1-4-8-16/h1-14,20,30H,31H2,(H2,29,32,33). The van der Waals surface area contributed by atoms with Gasteiger partial charge in [-0.25, -0.2) is 20.8 Å². The van der Waals surface area contributed by atoms with Gasteiger partial charge in [0.15, 0.2) is 11.6 Å². The molecular formula is C25H20F3N7. The first-order valence-corrected chi connectivity index (χ1v) is 10.6. The Bertz CT molecular complexity index is 1370. The van der Waals surface area contributed by atoms with Crippen LogP contribution in [0.5, 0.6) is 0 Å². The van der Waals surface area contributed by atoms with Crippen LogP contribution < -0.4 is 16.6 Å². The summed E-state index contributed by atoms with van der Waals surface area (Å²) in [5, 5.41) is 11.5. The SMILES string of the molecule is N=C(c1ccccc1)N1c2nc(-c3ccccc3)nc(N)c2C(c2ccc(C(F)(F)F)cc2)N1N. The highest BCUT2D eigenvalue weighted by Crippen LogP contribution is 2.45. The molecule has 1 unspecified atom stereocenters. The van der Waals surface area contributed by atoms with Gasteiger partial charge in [-0.3, -0.25) is 5.41 Å². The fourth-order valence-corrected chi connectivity index (χ4v) is 4.09. The van der Waals surface area contributed by atoms with Crippen molar-refractivity contribution < 1.29 is 13.2 Å². The molecule has 35 heavy (non-hydrogen) atoms. The van der Waals surface area contributed by atoms with Gasteiger partial charge >= 0.3 is 6.18 Å². The van der Waals surface area contributed by atoms with E-state index in [1.165, 1.54) is 22.3 Å². The Morgan fingerprint density at radius 3 is 2.06 bits per heavy atom. The molecule has 7 nitrogen and oxygen atoms in total. The summed E-state index contributed by atoms with van der Waals surface area (Å²) in [5.74, 6) is 7.28. The molecule has 1 atom stereocenters. The molecule has 2 heterocycles. The Labute approximate surface area is 198 Å². The monoisotopic (exact) mass is 475 g/mol. The van der Waals surface area contributed by atoms with E-state index in [-0.39, 0.29) is 17.5 Å². The van der Waals surface area contributed by atoms with Crippen molar-refractivity contribution in [3.63, 3.8) is 0 Å². The number of nitrogens with two attached hydrogens (primary N) is 2. The van der Waals surface area contributed by atoms with Gasteiger partial charge in [-0.2, -0.15) is 13.2 Å². The van der Waals surface area contributed by atoms with E-state index in [4.69, 9.17) is 17.0 Å². The molecule has 0 fully saturated rings. The van der Waals surface area contributed by atoms with Gasteiger partial charge in [-0.1, -0.05) is 72.8 Å². The fourth-order valence-electron chi connectivity index (χ4n) is 4.09. The Kier molecular flexibility index (Phi) is 5.46. The number of hydrogen-bond acceptors (Lipinski definition) is 6. The molecule has 5 N–H and O–H groups in total. The Morgan fingerprint density at radius 2 is 1.46 bits per heavy atom. The summed E-state index contributed by atoms with van der Waals surface area (Å²) in [6.07, 6.45) is -4.47. The van der Waals surface area contributed by atoms with E-state index in [0.29, 0.717) is 22.5 Å². The molecule has 0 saturated heterocycles. The number of hydrogen-bond donors (Lipinski definition) is 3. The van der Waals surface area contributed by atoms with Gasteiger partial charge in [-0.15, -0.1) is 5.12 Å². The van der Waals surface area contributed by atoms with Crippen molar-refractivity contribution in [1.29, 1.82) is 5.41 Å². The minimum atomic E-state index is -4.47. The predicted octanol–water partition coefficient (Wildman–Crippen LogP) is 4.77. The molecular weight excluding hydrogens is 455 g/mol. The van der Waals surface area contributed by atoms with Crippen LogP contribution in [-0.2, 0) is 6.18 Å². The van der Waals surface area contributed by atoms with Crippen LogP contribution in [0, 0.1) is 5.41 Å². The second kappa shape index (κ2) is 8.49. The third kappa shape index (κ3) is 3.98. The van der Waals surface area contributed by atoms with Crippen molar-refractivity contribution in [2.45, 2.75) is 12.2 Å². The lowest BCUT2D eigenvalue weighted by Crippen LogP contribution is -2.49. The Balaban J connectivity index is 1.67. The number of benzene rings is 3. The summed E-state index contributed by atoms with van der Waals surface area (Å²) in [5.41, 5.74) is 7.76. The molecule has 0 amide bonds. The first-order valence-electron chi connectivity index (χ1n) is 10.6. The topological polar surface area (TPSA) is 108 Å². The number of anilines is 2. The molecule has 0 spiro atoms. The molecule has 10 heteroatoms. The summed E-state index contributed by atoms with van der Waals surface area (Å²) in [6, 6.07) is 22.0. The second-order valence-corrected chi connectivity index (χ2v) is 7.96. The maximum atomic E-state index is 13.1. The molecule has 1 aliphatic rings. The normalized spacial score (nSPS) is 15.8. The van der Waals surface area contributed by atoms with Crippen molar-refractivity contribution in [2.24, 2.45) is 5.84 Å². The van der Waals surface area contributed by atoms with E-state index >= 15 is 0 Å². The minimum absolute atomic E-state index is 0.0286. The van der Waals surface area contributed by atoms with Gasteiger partial charge in [0, 0.05) is 11.1 Å². The molecule has 1 aliphatic heterocycles. The van der Waals surface area contributed by atoms with Crippen LogP contribution in [0.4, 0.5) is 24.8 Å². The zero-order valence-corrected chi connectivity index (χ0v) is 18.2. The largest absolute Gasteiger partial charge is 0.416 e. The van der Waals surface area contributed by atoms with Crippen LogP contribution >= 0.6 is 0 Å². The number of fused-ring (bicyclic) bond motifs is 1. The smallest absolute Gasteiger partial charge is 0.383 e. The van der Waals surface area contributed by atoms with Gasteiger partial charge in [0.2, 0.25) is 0 Å². The first kappa shape index (κ1) is 22.5. The summed E-state index contributed by atoms with van der Waals surface area (Å²) < 4.78 is 39.4. The maximum Gasteiger partial charge on any atom is 0.416 e. The summed E-state index contributed by atoms with van der Waals surface area (Å²) in [7, 11) is 0. The van der Waals surface area contributed by atoms with Crippen molar-refractivity contribution in [2.75, 3.05) is 10.7 Å². The zero-order chi connectivity index (χ0) is 24.7. The number of halogens is 3. The summed E-state index contributed by atoms with van der Waals surface area (Å²) in [4.78, 5) is 9.14. The molecule has 0 bridgehead atoms. The number of nitrogens with zero attached hydrogens (tertiary/aromatic N) is 4. The zero-order valence-electron chi connectivity index (χ0n) is 18.2. The van der Waals surface area contributed by atoms with Gasteiger partial charge in [0.05, 0.1) is 11.1 Å². The van der Waals surface area contributed by atoms with Gasteiger partial charge in [0.25, 0.3) is 0 Å². The molecule has 3 aromatic carbocycles. The number of nitrogens with one attached hydrogen (secondary N) is 1. The van der Waals surface area contributed by atoms with Crippen molar-refractivity contribution >= 4 is 17.5 Å². The van der Waals surface area contributed by atoms with Gasteiger partial charge in [0.1, 0.15) is 17.7 Å². The van der Waals surface area contributed by atoms with E-state index < -0.39 is 17.8 Å². The molecule has 0 radical (unpaired) electrons. The average Bonchev–Trinajstić information content (AvgIpc) is 3.16. The highest BCUT2D eigenvalue weighted by molar-refractivity contribution is 6.08. The third-order valence-corrected chi connectivity index (χ3v) is 5.77. The first-order chi connectivity index (χ1) is 16.8. The predicted molar refractivity (Wildman–Crippen MR) is 127 cm³/mol.